The van der Waals surface area contributed by atoms with Gasteiger partial charge in [-0.15, -0.1) is 0 Å². The van der Waals surface area contributed by atoms with Crippen LogP contribution in [0.2, 0.25) is 0 Å². The van der Waals surface area contributed by atoms with E-state index < -0.39 is 0 Å². The molecular formula is C20H24N4O3. The number of rotatable bonds is 5. The summed E-state index contributed by atoms with van der Waals surface area (Å²) in [6.45, 7) is -0.0129. The number of hydrogen-bond donors (Lipinski definition) is 2. The third-order valence-corrected chi connectivity index (χ3v) is 5.25. The highest BCUT2D eigenvalue weighted by Gasteiger charge is 2.32. The molecule has 0 saturated heterocycles. The van der Waals surface area contributed by atoms with Gasteiger partial charge in [0, 0.05) is 24.5 Å². The van der Waals surface area contributed by atoms with Crippen LogP contribution in [0.15, 0.2) is 24.3 Å². The zero-order valence-corrected chi connectivity index (χ0v) is 15.6. The third kappa shape index (κ3) is 3.90. The number of nitrogens with one attached hydrogen (secondary N) is 2. The molecule has 1 aliphatic rings. The van der Waals surface area contributed by atoms with Crippen molar-refractivity contribution in [3.63, 3.8) is 0 Å². The molecule has 0 radical (unpaired) electrons. The van der Waals surface area contributed by atoms with E-state index in [4.69, 9.17) is 10.00 Å². The smallest absolute Gasteiger partial charge is 0.268 e. The fourth-order valence-corrected chi connectivity index (χ4v) is 3.77. The van der Waals surface area contributed by atoms with Gasteiger partial charge in [-0.05, 0) is 31.0 Å². The fraction of sp³-hybridized carbons (Fsp3) is 0.450. The van der Waals surface area contributed by atoms with Crippen LogP contribution in [-0.4, -0.2) is 36.1 Å². The Kier molecular flexibility index (Phi) is 5.65. The summed E-state index contributed by atoms with van der Waals surface area (Å²) in [5.41, 5.74) is 1.45. The highest BCUT2D eigenvalue weighted by molar-refractivity contribution is 5.99. The predicted octanol–water partition coefficient (Wildman–Crippen LogP) is 2.12. The molecule has 2 atom stereocenters. The standard InChI is InChI=1S/C20H24N4O3/c1-24-17-12-14(27-2)8-7-13(17)11-18(24)20(26)23-16-6-4-3-5-15(16)19(25)22-10-9-21/h7-8,11-12,15-16H,3-6,10H2,1-2H3,(H,22,25)(H,23,26)/t15-,16+/m1/s1. The molecule has 0 spiro atoms. The lowest BCUT2D eigenvalue weighted by molar-refractivity contribution is -0.126. The Labute approximate surface area is 158 Å². The quantitative estimate of drug-likeness (QED) is 0.790. The molecule has 7 nitrogen and oxygen atoms in total. The maximum Gasteiger partial charge on any atom is 0.268 e. The highest BCUT2D eigenvalue weighted by Crippen LogP contribution is 2.27. The maximum atomic E-state index is 12.9. The minimum atomic E-state index is -0.300. The molecule has 1 aliphatic carbocycles. The van der Waals surface area contributed by atoms with Crippen LogP contribution in [0.5, 0.6) is 5.75 Å². The SMILES string of the molecule is COc1ccc2cc(C(=O)N[C@H]3CCCC[C@H]3C(=O)NCC#N)n(C)c2c1. The molecule has 2 amide bonds. The van der Waals surface area contributed by atoms with Gasteiger partial charge < -0.3 is 19.9 Å². The Morgan fingerprint density at radius 2 is 2.07 bits per heavy atom. The Balaban J connectivity index is 1.79. The molecule has 3 rings (SSSR count). The third-order valence-electron chi connectivity index (χ3n) is 5.25. The Bertz CT molecular complexity index is 896. The van der Waals surface area contributed by atoms with Crippen molar-refractivity contribution in [2.45, 2.75) is 31.7 Å². The molecule has 2 aromatic rings. The van der Waals surface area contributed by atoms with Crippen molar-refractivity contribution < 1.29 is 14.3 Å². The molecule has 2 N–H and O–H groups in total. The summed E-state index contributed by atoms with van der Waals surface area (Å²) in [5.74, 6) is 0.0731. The van der Waals surface area contributed by atoms with Crippen LogP contribution < -0.4 is 15.4 Å². The summed E-state index contributed by atoms with van der Waals surface area (Å²) in [6.07, 6.45) is 3.40. The lowest BCUT2D eigenvalue weighted by Crippen LogP contribution is -2.48. The maximum absolute atomic E-state index is 12.9. The van der Waals surface area contributed by atoms with E-state index in [2.05, 4.69) is 10.6 Å². The molecule has 1 aromatic carbocycles. The first-order chi connectivity index (χ1) is 13.0. The van der Waals surface area contributed by atoms with Crippen molar-refractivity contribution in [3.05, 3.63) is 30.0 Å². The van der Waals surface area contributed by atoms with Crippen LogP contribution in [0.25, 0.3) is 10.9 Å². The van der Waals surface area contributed by atoms with Gasteiger partial charge in [0.25, 0.3) is 5.91 Å². The summed E-state index contributed by atoms with van der Waals surface area (Å²) in [6, 6.07) is 9.21. The average molecular weight is 368 g/mol. The van der Waals surface area contributed by atoms with Crippen molar-refractivity contribution >= 4 is 22.7 Å². The number of fused-ring (bicyclic) bond motifs is 1. The van der Waals surface area contributed by atoms with Crippen LogP contribution in [0.4, 0.5) is 0 Å². The van der Waals surface area contributed by atoms with Gasteiger partial charge >= 0.3 is 0 Å². The fourth-order valence-electron chi connectivity index (χ4n) is 3.77. The largest absolute Gasteiger partial charge is 0.497 e. The Morgan fingerprint density at radius 3 is 2.81 bits per heavy atom. The number of amides is 2. The van der Waals surface area contributed by atoms with E-state index in [-0.39, 0.29) is 30.3 Å². The van der Waals surface area contributed by atoms with Gasteiger partial charge in [-0.2, -0.15) is 5.26 Å². The lowest BCUT2D eigenvalue weighted by Gasteiger charge is -2.31. The number of carbonyl (C=O) groups excluding carboxylic acids is 2. The van der Waals surface area contributed by atoms with Crippen LogP contribution in [0.1, 0.15) is 36.2 Å². The molecule has 0 aliphatic heterocycles. The second-order valence-corrected chi connectivity index (χ2v) is 6.86. The number of nitrogens with zero attached hydrogens (tertiary/aromatic N) is 2. The number of hydrogen-bond acceptors (Lipinski definition) is 4. The predicted molar refractivity (Wildman–Crippen MR) is 101 cm³/mol. The molecule has 7 heteroatoms. The molecule has 1 saturated carbocycles. The number of aromatic nitrogens is 1. The van der Waals surface area contributed by atoms with Gasteiger partial charge in [-0.3, -0.25) is 9.59 Å². The van der Waals surface area contributed by atoms with Gasteiger partial charge in [0.1, 0.15) is 18.0 Å². The van der Waals surface area contributed by atoms with Crippen molar-refractivity contribution in [1.82, 2.24) is 15.2 Å². The van der Waals surface area contributed by atoms with Gasteiger partial charge in [0.15, 0.2) is 0 Å². The Hall–Kier alpha value is -3.01. The molecule has 1 aromatic heterocycles. The second-order valence-electron chi connectivity index (χ2n) is 6.86. The minimum Gasteiger partial charge on any atom is -0.497 e. The molecule has 1 fully saturated rings. The first-order valence-corrected chi connectivity index (χ1v) is 9.14. The molecule has 142 valence electrons. The highest BCUT2D eigenvalue weighted by atomic mass is 16.5. The topological polar surface area (TPSA) is 96.2 Å². The average Bonchev–Trinajstić information content (AvgIpc) is 3.02. The molecule has 1 heterocycles. The van der Waals surface area contributed by atoms with Crippen molar-refractivity contribution in [2.75, 3.05) is 13.7 Å². The molecule has 0 unspecified atom stereocenters. The van der Waals surface area contributed by atoms with E-state index in [9.17, 15) is 9.59 Å². The van der Waals surface area contributed by atoms with Crippen LogP contribution >= 0.6 is 0 Å². The second kappa shape index (κ2) is 8.12. The first-order valence-electron chi connectivity index (χ1n) is 9.14. The molecular weight excluding hydrogens is 344 g/mol. The van der Waals surface area contributed by atoms with E-state index in [0.717, 1.165) is 35.9 Å². The summed E-state index contributed by atoms with van der Waals surface area (Å²) in [5, 5.41) is 15.3. The normalized spacial score (nSPS) is 19.3. The van der Waals surface area contributed by atoms with E-state index in [1.165, 1.54) is 0 Å². The van der Waals surface area contributed by atoms with Gasteiger partial charge in [-0.1, -0.05) is 12.8 Å². The number of ether oxygens (including phenoxy) is 1. The number of nitriles is 1. The van der Waals surface area contributed by atoms with E-state index in [0.29, 0.717) is 12.1 Å². The number of carbonyl (C=O) groups is 2. The first kappa shape index (κ1) is 18.8. The van der Waals surface area contributed by atoms with Crippen molar-refractivity contribution in [1.29, 1.82) is 5.26 Å². The van der Waals surface area contributed by atoms with Gasteiger partial charge in [0.05, 0.1) is 24.6 Å². The zero-order chi connectivity index (χ0) is 19.4. The minimum absolute atomic E-state index is 0.0129. The van der Waals surface area contributed by atoms with Gasteiger partial charge in [0.2, 0.25) is 5.91 Å². The zero-order valence-electron chi connectivity index (χ0n) is 15.6. The van der Waals surface area contributed by atoms with E-state index in [1.54, 1.807) is 7.11 Å². The van der Waals surface area contributed by atoms with Crippen LogP contribution in [0.3, 0.4) is 0 Å². The number of aryl methyl sites for hydroxylation is 1. The van der Waals surface area contributed by atoms with Crippen LogP contribution in [-0.2, 0) is 11.8 Å². The summed E-state index contributed by atoms with van der Waals surface area (Å²) in [4.78, 5) is 25.2. The van der Waals surface area contributed by atoms with Crippen molar-refractivity contribution in [3.8, 4) is 11.8 Å². The molecule has 0 bridgehead atoms. The number of methoxy groups -OCH3 is 1. The van der Waals surface area contributed by atoms with Crippen molar-refractivity contribution in [2.24, 2.45) is 13.0 Å². The summed E-state index contributed by atoms with van der Waals surface area (Å²) in [7, 11) is 3.45. The van der Waals surface area contributed by atoms with E-state index >= 15 is 0 Å². The van der Waals surface area contributed by atoms with Gasteiger partial charge in [-0.25, -0.2) is 0 Å². The molecule has 27 heavy (non-hydrogen) atoms. The lowest BCUT2D eigenvalue weighted by atomic mass is 9.83. The summed E-state index contributed by atoms with van der Waals surface area (Å²) >= 11 is 0. The summed E-state index contributed by atoms with van der Waals surface area (Å²) < 4.78 is 7.09. The number of benzene rings is 1. The van der Waals surface area contributed by atoms with Crippen LogP contribution in [0, 0.1) is 17.2 Å². The van der Waals surface area contributed by atoms with E-state index in [1.807, 2.05) is 41.9 Å². The Morgan fingerprint density at radius 1 is 1.30 bits per heavy atom. The monoisotopic (exact) mass is 368 g/mol.